The minimum Gasteiger partial charge on any atom is -0.321 e. The van der Waals surface area contributed by atoms with Crippen LogP contribution in [0.25, 0.3) is 0 Å². The highest BCUT2D eigenvalue weighted by molar-refractivity contribution is 6.29. The van der Waals surface area contributed by atoms with Crippen LogP contribution < -0.4 is 32.2 Å². The number of nitrogens with one attached hydrogen (secondary N) is 2. The molecule has 0 bridgehead atoms. The van der Waals surface area contributed by atoms with Crippen molar-refractivity contribution >= 4 is 11.9 Å². The lowest BCUT2D eigenvalue weighted by atomic mass is 10.6. The highest BCUT2D eigenvalue weighted by atomic mass is 16.7. The molecule has 2 aromatic rings. The van der Waals surface area contributed by atoms with Crippen molar-refractivity contribution in [1.82, 2.24) is 19.4 Å². The van der Waals surface area contributed by atoms with E-state index in [9.17, 15) is 28.8 Å². The summed E-state index contributed by atoms with van der Waals surface area (Å²) in [6.07, 6.45) is 1.61. The first-order valence-electron chi connectivity index (χ1n) is 5.46. The van der Waals surface area contributed by atoms with Gasteiger partial charge in [-0.3, -0.25) is 19.6 Å². The Kier molecular flexibility index (Phi) is 3.84. The van der Waals surface area contributed by atoms with Gasteiger partial charge in [-0.2, -0.15) is 0 Å². The van der Waals surface area contributed by atoms with Gasteiger partial charge in [-0.05, 0) is 0 Å². The molecule has 0 fully saturated rings. The lowest BCUT2D eigenvalue weighted by Crippen LogP contribution is -2.43. The fourth-order valence-electron chi connectivity index (χ4n) is 1.21. The van der Waals surface area contributed by atoms with Gasteiger partial charge in [-0.15, -0.1) is 9.46 Å². The van der Waals surface area contributed by atoms with E-state index < -0.39 is 34.4 Å². The smallest absolute Gasteiger partial charge is 0.321 e. The molecule has 2 heterocycles. The van der Waals surface area contributed by atoms with Crippen LogP contribution in [0.5, 0.6) is 0 Å². The molecule has 2 rings (SSSR count). The van der Waals surface area contributed by atoms with Crippen LogP contribution in [-0.2, 0) is 9.59 Å². The van der Waals surface area contributed by atoms with Crippen molar-refractivity contribution in [1.29, 1.82) is 0 Å². The van der Waals surface area contributed by atoms with Crippen molar-refractivity contribution in [3.05, 3.63) is 66.2 Å². The highest BCUT2D eigenvalue weighted by Gasteiger charge is 2.21. The Hall–Kier alpha value is -3.70. The number of carbonyl (C=O) groups is 2. The first kappa shape index (κ1) is 14.7. The molecule has 0 atom stereocenters. The monoisotopic (exact) mass is 310 g/mol. The number of nitrogens with zero attached hydrogens (tertiary/aromatic N) is 2. The molecule has 2 aromatic heterocycles. The number of hydrogen-bond donors (Lipinski definition) is 2. The number of rotatable bonds is 2. The molecule has 0 amide bonds. The van der Waals surface area contributed by atoms with Gasteiger partial charge in [0.1, 0.15) is 0 Å². The van der Waals surface area contributed by atoms with Gasteiger partial charge in [0, 0.05) is 12.1 Å². The Morgan fingerprint density at radius 3 is 1.45 bits per heavy atom. The van der Waals surface area contributed by atoms with E-state index in [0.29, 0.717) is 0 Å². The number of aromatic nitrogens is 4. The predicted octanol–water partition coefficient (Wildman–Crippen LogP) is -4.00. The first-order valence-corrected chi connectivity index (χ1v) is 5.46. The summed E-state index contributed by atoms with van der Waals surface area (Å²) < 4.78 is 0.557. The van der Waals surface area contributed by atoms with Crippen LogP contribution in [0.1, 0.15) is 0 Å². The molecule has 0 spiro atoms. The second-order valence-corrected chi connectivity index (χ2v) is 3.63. The summed E-state index contributed by atoms with van der Waals surface area (Å²) in [5.41, 5.74) is -3.68. The number of carbonyl (C=O) groups excluding carboxylic acids is 2. The van der Waals surface area contributed by atoms with Gasteiger partial charge in [0.25, 0.3) is 11.1 Å². The van der Waals surface area contributed by atoms with Crippen LogP contribution in [0.2, 0.25) is 0 Å². The molecule has 0 aliphatic carbocycles. The maximum Gasteiger partial charge on any atom is 0.444 e. The van der Waals surface area contributed by atoms with Crippen LogP contribution in [0.15, 0.2) is 43.7 Å². The minimum atomic E-state index is -1.65. The third-order valence-corrected chi connectivity index (χ3v) is 2.11. The van der Waals surface area contributed by atoms with Gasteiger partial charge >= 0.3 is 23.3 Å². The third kappa shape index (κ3) is 3.24. The maximum atomic E-state index is 11.4. The zero-order chi connectivity index (χ0) is 16.3. The van der Waals surface area contributed by atoms with Crippen molar-refractivity contribution in [3.63, 3.8) is 0 Å². The number of hydrogen-bond acceptors (Lipinski definition) is 8. The molecular formula is C10H6N4O8. The molecule has 114 valence electrons. The van der Waals surface area contributed by atoms with E-state index in [1.165, 1.54) is 0 Å². The molecule has 0 aliphatic heterocycles. The summed E-state index contributed by atoms with van der Waals surface area (Å²) in [5.74, 6) is -3.29. The molecule has 0 saturated carbocycles. The lowest BCUT2D eigenvalue weighted by Gasteiger charge is -2.05. The van der Waals surface area contributed by atoms with Gasteiger partial charge in [-0.25, -0.2) is 19.2 Å². The Morgan fingerprint density at radius 2 is 1.14 bits per heavy atom. The molecule has 12 nitrogen and oxygen atoms in total. The van der Waals surface area contributed by atoms with E-state index in [-0.39, 0.29) is 9.46 Å². The molecule has 0 aliphatic rings. The quantitative estimate of drug-likeness (QED) is 0.530. The summed E-state index contributed by atoms with van der Waals surface area (Å²) in [4.78, 5) is 79.1. The summed E-state index contributed by atoms with van der Waals surface area (Å²) in [7, 11) is 0. The van der Waals surface area contributed by atoms with Gasteiger partial charge in [-0.1, -0.05) is 0 Å². The normalized spacial score (nSPS) is 10.0. The molecular weight excluding hydrogens is 304 g/mol. The van der Waals surface area contributed by atoms with E-state index in [1.807, 2.05) is 0 Å². The number of H-pyrrole nitrogens is 2. The second kappa shape index (κ2) is 5.74. The SMILES string of the molecule is O=C(On1ccc(=O)[nH]c1=O)C(=O)On1ccc(=O)[nH]c1=O. The minimum absolute atomic E-state index is 0.278. The van der Waals surface area contributed by atoms with Crippen LogP contribution >= 0.6 is 0 Å². The van der Waals surface area contributed by atoms with Crippen molar-refractivity contribution in [2.75, 3.05) is 0 Å². The third-order valence-electron chi connectivity index (χ3n) is 2.11. The fourth-order valence-corrected chi connectivity index (χ4v) is 1.21. The second-order valence-electron chi connectivity index (χ2n) is 3.63. The Balaban J connectivity index is 2.14. The zero-order valence-corrected chi connectivity index (χ0v) is 10.5. The molecule has 0 aromatic carbocycles. The van der Waals surface area contributed by atoms with Gasteiger partial charge in [0.2, 0.25) is 0 Å². The van der Waals surface area contributed by atoms with Crippen molar-refractivity contribution in [3.8, 4) is 0 Å². The summed E-state index contributed by atoms with van der Waals surface area (Å²) in [6, 6.07) is 1.74. The Bertz CT molecular complexity index is 882. The fraction of sp³-hybridized carbons (Fsp3) is 0. The first-order chi connectivity index (χ1) is 10.4. The van der Waals surface area contributed by atoms with Crippen molar-refractivity contribution in [2.45, 2.75) is 0 Å². The average Bonchev–Trinajstić information content (AvgIpc) is 2.44. The predicted molar refractivity (Wildman–Crippen MR) is 65.8 cm³/mol. The van der Waals surface area contributed by atoms with Crippen LogP contribution in [-0.4, -0.2) is 31.4 Å². The van der Waals surface area contributed by atoms with E-state index in [2.05, 4.69) is 9.68 Å². The summed E-state index contributed by atoms with van der Waals surface area (Å²) in [6.45, 7) is 0. The van der Waals surface area contributed by atoms with E-state index in [1.54, 1.807) is 9.97 Å². The van der Waals surface area contributed by atoms with E-state index >= 15 is 0 Å². The van der Waals surface area contributed by atoms with E-state index in [0.717, 1.165) is 24.5 Å². The standard InChI is InChI=1S/C10H6N4O8/c15-5-1-3-13(9(19)11-5)21-7(17)8(18)22-14-4-2-6(16)12-10(14)20/h1-4H,(H,11,15,19)(H,12,16,20). The van der Waals surface area contributed by atoms with Crippen LogP contribution in [0.4, 0.5) is 0 Å². The Labute approximate surface area is 118 Å². The van der Waals surface area contributed by atoms with Crippen molar-refractivity contribution < 1.29 is 19.3 Å². The molecule has 2 N–H and O–H groups in total. The van der Waals surface area contributed by atoms with Gasteiger partial charge in [0.05, 0.1) is 12.4 Å². The molecule has 22 heavy (non-hydrogen) atoms. The largest absolute Gasteiger partial charge is 0.444 e. The summed E-state index contributed by atoms with van der Waals surface area (Å²) >= 11 is 0. The Morgan fingerprint density at radius 1 is 0.773 bits per heavy atom. The molecule has 0 unspecified atom stereocenters. The van der Waals surface area contributed by atoms with Gasteiger partial charge in [0.15, 0.2) is 0 Å². The van der Waals surface area contributed by atoms with Gasteiger partial charge < -0.3 is 9.68 Å². The topological polar surface area (TPSA) is 162 Å². The van der Waals surface area contributed by atoms with E-state index in [4.69, 9.17) is 0 Å². The highest BCUT2D eigenvalue weighted by Crippen LogP contribution is 1.79. The zero-order valence-electron chi connectivity index (χ0n) is 10.5. The summed E-state index contributed by atoms with van der Waals surface area (Å²) in [5, 5.41) is 0. The lowest BCUT2D eigenvalue weighted by molar-refractivity contribution is -0.168. The van der Waals surface area contributed by atoms with Crippen LogP contribution in [0.3, 0.4) is 0 Å². The number of aromatic amines is 2. The molecule has 0 saturated heterocycles. The molecule has 0 radical (unpaired) electrons. The van der Waals surface area contributed by atoms with Crippen molar-refractivity contribution in [2.24, 2.45) is 0 Å². The maximum absolute atomic E-state index is 11.4. The average molecular weight is 310 g/mol. The van der Waals surface area contributed by atoms with Crippen LogP contribution in [0, 0.1) is 0 Å². The molecule has 12 heteroatoms.